The monoisotopic (exact) mass is 395 g/mol. The van der Waals surface area contributed by atoms with Gasteiger partial charge in [-0.25, -0.2) is 0 Å². The van der Waals surface area contributed by atoms with Crippen LogP contribution in [0.25, 0.3) is 21.3 Å². The van der Waals surface area contributed by atoms with Gasteiger partial charge in [0, 0.05) is 41.0 Å². The average molecular weight is 396 g/mol. The van der Waals surface area contributed by atoms with Gasteiger partial charge >= 0.3 is 0 Å². The smallest absolute Gasteiger partial charge is 0.206 e. The van der Waals surface area contributed by atoms with E-state index in [0.717, 1.165) is 43.5 Å². The van der Waals surface area contributed by atoms with E-state index in [0.29, 0.717) is 6.54 Å². The normalized spacial score (nSPS) is 12.2. The summed E-state index contributed by atoms with van der Waals surface area (Å²) >= 11 is 7.78. The average Bonchev–Trinajstić information content (AvgIpc) is 3.17. The van der Waals surface area contributed by atoms with Gasteiger partial charge in [0.1, 0.15) is 5.01 Å². The highest BCUT2D eigenvalue weighted by Gasteiger charge is 2.14. The highest BCUT2D eigenvalue weighted by Crippen LogP contribution is 2.29. The number of benzene rings is 2. The van der Waals surface area contributed by atoms with Crippen LogP contribution in [-0.4, -0.2) is 27.8 Å². The Morgan fingerprint density at radius 3 is 2.81 bits per heavy atom. The zero-order chi connectivity index (χ0) is 18.6. The van der Waals surface area contributed by atoms with Crippen LogP contribution in [0.1, 0.15) is 5.56 Å². The van der Waals surface area contributed by atoms with Crippen molar-refractivity contribution in [1.82, 2.24) is 15.2 Å². The van der Waals surface area contributed by atoms with Gasteiger partial charge in [0.15, 0.2) is 0 Å². The molecule has 0 radical (unpaired) electrons. The summed E-state index contributed by atoms with van der Waals surface area (Å²) in [4.78, 5) is 4.15. The Hall–Kier alpha value is -2.54. The molecule has 1 atom stereocenters. The van der Waals surface area contributed by atoms with E-state index in [4.69, 9.17) is 17.3 Å². The number of aromatic nitrogens is 3. The molecule has 0 spiro atoms. The minimum absolute atomic E-state index is 0.0355. The lowest BCUT2D eigenvalue weighted by atomic mass is 10.1. The fraction of sp³-hybridized carbons (Fsp3) is 0.150. The van der Waals surface area contributed by atoms with Crippen LogP contribution >= 0.6 is 22.9 Å². The topological polar surface area (TPSA) is 76.7 Å². The summed E-state index contributed by atoms with van der Waals surface area (Å²) < 4.78 is 0. The number of nitrogens with zero attached hydrogens (tertiary/aromatic N) is 3. The van der Waals surface area contributed by atoms with E-state index >= 15 is 0 Å². The third-order valence-electron chi connectivity index (χ3n) is 4.35. The van der Waals surface area contributed by atoms with Gasteiger partial charge in [-0.15, -0.1) is 10.2 Å². The van der Waals surface area contributed by atoms with Crippen molar-refractivity contribution in [3.8, 4) is 10.6 Å². The lowest BCUT2D eigenvalue weighted by Gasteiger charge is -2.16. The molecular formula is C20H18ClN5S. The summed E-state index contributed by atoms with van der Waals surface area (Å²) in [5, 5.41) is 16.6. The Labute approximate surface area is 166 Å². The quantitative estimate of drug-likeness (QED) is 0.506. The number of hydrogen-bond acceptors (Lipinski definition) is 6. The number of rotatable bonds is 6. The summed E-state index contributed by atoms with van der Waals surface area (Å²) in [6, 6.07) is 16.0. The minimum Gasteiger partial charge on any atom is -0.356 e. The molecule has 3 N–H and O–H groups in total. The predicted molar refractivity (Wildman–Crippen MR) is 112 cm³/mol. The maximum Gasteiger partial charge on any atom is 0.206 e. The van der Waals surface area contributed by atoms with Crippen LogP contribution in [0, 0.1) is 0 Å². The number of fused-ring (bicyclic) bond motifs is 1. The van der Waals surface area contributed by atoms with Crippen molar-refractivity contribution < 1.29 is 0 Å². The molecule has 0 saturated carbocycles. The molecule has 4 rings (SSSR count). The molecular weight excluding hydrogens is 378 g/mol. The summed E-state index contributed by atoms with van der Waals surface area (Å²) in [6.45, 7) is 0.475. The highest BCUT2D eigenvalue weighted by molar-refractivity contribution is 7.18. The first-order valence-electron chi connectivity index (χ1n) is 8.60. The third-order valence-corrected chi connectivity index (χ3v) is 5.62. The van der Waals surface area contributed by atoms with E-state index in [-0.39, 0.29) is 6.04 Å². The van der Waals surface area contributed by atoms with Crippen LogP contribution in [0.3, 0.4) is 0 Å². The van der Waals surface area contributed by atoms with Crippen LogP contribution in [0.2, 0.25) is 5.02 Å². The van der Waals surface area contributed by atoms with Crippen LogP contribution in [-0.2, 0) is 6.42 Å². The molecule has 7 heteroatoms. The Balaban J connectivity index is 1.51. The van der Waals surface area contributed by atoms with Crippen LogP contribution in [0.5, 0.6) is 0 Å². The maximum atomic E-state index is 6.26. The first-order chi connectivity index (χ1) is 13.2. The number of hydrogen-bond donors (Lipinski definition) is 2. The molecule has 0 bridgehead atoms. The summed E-state index contributed by atoms with van der Waals surface area (Å²) in [7, 11) is 0. The lowest BCUT2D eigenvalue weighted by Crippen LogP contribution is -2.31. The Morgan fingerprint density at radius 1 is 1.07 bits per heavy atom. The van der Waals surface area contributed by atoms with Gasteiger partial charge in [-0.05, 0) is 35.6 Å². The zero-order valence-electron chi connectivity index (χ0n) is 14.5. The zero-order valence-corrected chi connectivity index (χ0v) is 16.0. The number of nitrogens with two attached hydrogens (primary N) is 1. The van der Waals surface area contributed by atoms with Gasteiger partial charge in [-0.1, -0.05) is 53.3 Å². The van der Waals surface area contributed by atoms with Crippen molar-refractivity contribution in [2.24, 2.45) is 5.73 Å². The SMILES string of the molecule is NCC(Cc1ccccc1Cl)Nc1nnc(-c2ccc3cnccc3c2)s1. The highest BCUT2D eigenvalue weighted by atomic mass is 35.5. The van der Waals surface area contributed by atoms with Gasteiger partial charge in [0.05, 0.1) is 0 Å². The molecule has 0 aliphatic heterocycles. The number of nitrogens with one attached hydrogen (secondary N) is 1. The summed E-state index contributed by atoms with van der Waals surface area (Å²) in [5.41, 5.74) is 8.05. The van der Waals surface area contributed by atoms with E-state index in [9.17, 15) is 0 Å². The molecule has 0 aliphatic rings. The van der Waals surface area contributed by atoms with Gasteiger partial charge in [-0.3, -0.25) is 4.98 Å². The number of halogens is 1. The van der Waals surface area contributed by atoms with Gasteiger partial charge < -0.3 is 11.1 Å². The van der Waals surface area contributed by atoms with Gasteiger partial charge in [-0.2, -0.15) is 0 Å². The predicted octanol–water partition coefficient (Wildman–Crippen LogP) is 4.39. The molecule has 5 nitrogen and oxygen atoms in total. The molecule has 2 aromatic heterocycles. The Bertz CT molecular complexity index is 1060. The molecule has 2 aromatic carbocycles. The third kappa shape index (κ3) is 4.08. The fourth-order valence-electron chi connectivity index (χ4n) is 2.91. The molecule has 0 aliphatic carbocycles. The Kier molecular flexibility index (Phi) is 5.29. The first kappa shape index (κ1) is 17.9. The second kappa shape index (κ2) is 8.00. The first-order valence-corrected chi connectivity index (χ1v) is 9.80. The fourth-order valence-corrected chi connectivity index (χ4v) is 3.94. The molecule has 27 heavy (non-hydrogen) atoms. The second-order valence-corrected chi connectivity index (χ2v) is 7.61. The Morgan fingerprint density at radius 2 is 1.96 bits per heavy atom. The van der Waals surface area contributed by atoms with Crippen molar-refractivity contribution >= 4 is 38.8 Å². The largest absolute Gasteiger partial charge is 0.356 e. The molecule has 0 amide bonds. The molecule has 0 saturated heterocycles. The van der Waals surface area contributed by atoms with E-state index in [1.54, 1.807) is 6.20 Å². The van der Waals surface area contributed by atoms with Crippen molar-refractivity contribution in [2.75, 3.05) is 11.9 Å². The molecule has 0 fully saturated rings. The number of anilines is 1. The molecule has 2 heterocycles. The summed E-state index contributed by atoms with van der Waals surface area (Å²) in [6.07, 6.45) is 4.38. The number of pyridine rings is 1. The maximum absolute atomic E-state index is 6.26. The van der Waals surface area contributed by atoms with Crippen molar-refractivity contribution in [3.05, 3.63) is 71.5 Å². The van der Waals surface area contributed by atoms with Crippen LogP contribution < -0.4 is 11.1 Å². The van der Waals surface area contributed by atoms with Crippen molar-refractivity contribution in [3.63, 3.8) is 0 Å². The van der Waals surface area contributed by atoms with E-state index in [2.05, 4.69) is 26.6 Å². The van der Waals surface area contributed by atoms with E-state index in [1.807, 2.05) is 48.7 Å². The van der Waals surface area contributed by atoms with Crippen molar-refractivity contribution in [2.45, 2.75) is 12.5 Å². The standard InChI is InChI=1S/C20H18ClN5S/c21-18-4-2-1-3-14(18)10-17(11-22)24-20-26-25-19(27-20)15-5-6-16-12-23-8-7-13(16)9-15/h1-9,12,17H,10-11,22H2,(H,24,26). The molecule has 1 unspecified atom stereocenters. The van der Waals surface area contributed by atoms with Crippen molar-refractivity contribution in [1.29, 1.82) is 0 Å². The van der Waals surface area contributed by atoms with Crippen LogP contribution in [0.15, 0.2) is 60.9 Å². The van der Waals surface area contributed by atoms with E-state index < -0.39 is 0 Å². The minimum atomic E-state index is 0.0355. The van der Waals surface area contributed by atoms with Gasteiger partial charge in [0.25, 0.3) is 0 Å². The lowest BCUT2D eigenvalue weighted by molar-refractivity contribution is 0.721. The molecule has 136 valence electrons. The van der Waals surface area contributed by atoms with E-state index in [1.165, 1.54) is 11.3 Å². The van der Waals surface area contributed by atoms with Gasteiger partial charge in [0.2, 0.25) is 5.13 Å². The van der Waals surface area contributed by atoms with Crippen LogP contribution in [0.4, 0.5) is 5.13 Å². The second-order valence-electron chi connectivity index (χ2n) is 6.22. The molecule has 4 aromatic rings. The summed E-state index contributed by atoms with van der Waals surface area (Å²) in [5.74, 6) is 0.